The largest absolute Gasteiger partial charge is 0.496 e. The number of ether oxygens (including phenoxy) is 3. The van der Waals surface area contributed by atoms with Gasteiger partial charge in [0.25, 0.3) is 0 Å². The quantitative estimate of drug-likeness (QED) is 0.268. The number of hydrogen-bond acceptors (Lipinski definition) is 11. The molecule has 4 aliphatic heterocycles. The first-order valence-electron chi connectivity index (χ1n) is 17.1. The fourth-order valence-corrected chi connectivity index (χ4v) is 8.25. The van der Waals surface area contributed by atoms with Crippen molar-refractivity contribution < 1.29 is 14.2 Å². The van der Waals surface area contributed by atoms with Gasteiger partial charge in [0.05, 0.1) is 67.6 Å². The summed E-state index contributed by atoms with van der Waals surface area (Å²) in [7, 11) is 3.80. The number of piperidine rings is 1. The maximum atomic E-state index is 6.00. The molecule has 5 aromatic rings. The predicted molar refractivity (Wildman–Crippen MR) is 183 cm³/mol. The molecule has 4 fully saturated rings. The van der Waals surface area contributed by atoms with Crippen LogP contribution < -0.4 is 14.5 Å². The maximum absolute atomic E-state index is 6.00. The number of pyridine rings is 3. The number of anilines is 2. The van der Waals surface area contributed by atoms with E-state index < -0.39 is 0 Å². The molecule has 0 spiro atoms. The van der Waals surface area contributed by atoms with Gasteiger partial charge in [0.1, 0.15) is 11.3 Å². The Labute approximate surface area is 279 Å². The van der Waals surface area contributed by atoms with Gasteiger partial charge in [-0.2, -0.15) is 5.10 Å². The number of morpholine rings is 2. The molecule has 9 rings (SSSR count). The molecule has 250 valence electrons. The van der Waals surface area contributed by atoms with Crippen LogP contribution in [0, 0.1) is 6.92 Å². The summed E-state index contributed by atoms with van der Waals surface area (Å²) in [5, 5.41) is 5.86. The van der Waals surface area contributed by atoms with Gasteiger partial charge in [0.2, 0.25) is 5.95 Å². The van der Waals surface area contributed by atoms with Crippen molar-refractivity contribution in [2.75, 3.05) is 69.5 Å². The van der Waals surface area contributed by atoms with Crippen molar-refractivity contribution in [3.05, 3.63) is 42.5 Å². The van der Waals surface area contributed by atoms with Crippen LogP contribution >= 0.6 is 0 Å². The molecule has 2 atom stereocenters. The molecule has 0 N–H and O–H groups in total. The van der Waals surface area contributed by atoms with E-state index in [-0.39, 0.29) is 11.6 Å². The third-order valence-corrected chi connectivity index (χ3v) is 11.1. The van der Waals surface area contributed by atoms with Gasteiger partial charge in [-0.15, -0.1) is 0 Å². The molecule has 5 aromatic heterocycles. The first kappa shape index (κ1) is 29.8. The molecular weight excluding hydrogens is 608 g/mol. The van der Waals surface area contributed by atoms with E-state index in [1.54, 1.807) is 19.5 Å². The van der Waals surface area contributed by atoms with Crippen LogP contribution in [0.15, 0.2) is 36.8 Å². The zero-order chi connectivity index (χ0) is 32.6. The maximum Gasteiger partial charge on any atom is 0.206 e. The third-order valence-electron chi connectivity index (χ3n) is 11.1. The van der Waals surface area contributed by atoms with Gasteiger partial charge in [-0.05, 0) is 45.2 Å². The normalized spacial score (nSPS) is 22.8. The van der Waals surface area contributed by atoms with Gasteiger partial charge in [-0.1, -0.05) is 0 Å². The summed E-state index contributed by atoms with van der Waals surface area (Å²) in [4.78, 5) is 27.4. The number of aryl methyl sites for hydroxylation is 2. The molecule has 0 amide bonds. The minimum atomic E-state index is 0.187. The van der Waals surface area contributed by atoms with E-state index in [1.165, 1.54) is 0 Å². The molecule has 0 saturated carbocycles. The molecule has 4 saturated heterocycles. The Morgan fingerprint density at radius 2 is 1.83 bits per heavy atom. The number of hydrogen-bond donors (Lipinski definition) is 0. The number of nitrogens with zero attached hydrogens (tertiary/aromatic N) is 10. The minimum Gasteiger partial charge on any atom is -0.496 e. The predicted octanol–water partition coefficient (Wildman–Crippen LogP) is 3.75. The number of methoxy groups -OCH3 is 1. The van der Waals surface area contributed by atoms with Gasteiger partial charge >= 0.3 is 0 Å². The highest BCUT2D eigenvalue weighted by Crippen LogP contribution is 2.39. The summed E-state index contributed by atoms with van der Waals surface area (Å²) >= 11 is 0. The Balaban J connectivity index is 1.14. The summed E-state index contributed by atoms with van der Waals surface area (Å²) < 4.78 is 21.5. The van der Waals surface area contributed by atoms with Gasteiger partial charge in [0, 0.05) is 74.9 Å². The van der Waals surface area contributed by atoms with E-state index in [2.05, 4.69) is 50.4 Å². The topological polar surface area (TPSA) is 112 Å². The highest BCUT2D eigenvalue weighted by Gasteiger charge is 2.42. The lowest BCUT2D eigenvalue weighted by molar-refractivity contribution is -0.0249. The molecule has 48 heavy (non-hydrogen) atoms. The molecule has 0 unspecified atom stereocenters. The monoisotopic (exact) mass is 650 g/mol. The lowest BCUT2D eigenvalue weighted by atomic mass is 9.87. The zero-order valence-corrected chi connectivity index (χ0v) is 28.1. The van der Waals surface area contributed by atoms with E-state index in [1.807, 2.05) is 23.9 Å². The van der Waals surface area contributed by atoms with Crippen molar-refractivity contribution in [3.63, 3.8) is 0 Å². The molecule has 13 heteroatoms. The standard InChI is InChI=1S/C35H42N10O3/c1-22-25-19-37-45(28(25)16-27(38-22)26-18-36-8-5-30(26)46-4)31-17-29-32(33(39-31)44-20-24-15-23(44)21-48-24)40-34(41(29)3)42-9-6-35(2,7-10-42)43-11-13-47-14-12-43/h5,8,16-19,23-24H,6-7,9-15,20-21H2,1-4H3/t23-,24-/m1/s1. The van der Waals surface area contributed by atoms with E-state index in [9.17, 15) is 0 Å². The van der Waals surface area contributed by atoms with Crippen LogP contribution in [0.1, 0.15) is 31.9 Å². The van der Waals surface area contributed by atoms with Gasteiger partial charge < -0.3 is 28.6 Å². The fraction of sp³-hybridized carbons (Fsp3) is 0.514. The second-order valence-electron chi connectivity index (χ2n) is 13.9. The van der Waals surface area contributed by atoms with Crippen molar-refractivity contribution in [1.82, 2.24) is 39.2 Å². The molecule has 13 nitrogen and oxygen atoms in total. The lowest BCUT2D eigenvalue weighted by Crippen LogP contribution is -2.57. The van der Waals surface area contributed by atoms with Crippen molar-refractivity contribution >= 4 is 33.7 Å². The molecular formula is C35H42N10O3. The molecule has 2 bridgehead atoms. The first-order chi connectivity index (χ1) is 23.4. The second-order valence-corrected chi connectivity index (χ2v) is 13.9. The fourth-order valence-electron chi connectivity index (χ4n) is 8.25. The van der Waals surface area contributed by atoms with Gasteiger partial charge in [0.15, 0.2) is 11.6 Å². The minimum absolute atomic E-state index is 0.187. The van der Waals surface area contributed by atoms with Gasteiger partial charge in [-0.3, -0.25) is 14.9 Å². The van der Waals surface area contributed by atoms with Crippen LogP contribution in [-0.4, -0.2) is 117 Å². The first-order valence-corrected chi connectivity index (χ1v) is 17.1. The molecule has 0 aromatic carbocycles. The van der Waals surface area contributed by atoms with E-state index in [4.69, 9.17) is 34.3 Å². The van der Waals surface area contributed by atoms with E-state index in [0.29, 0.717) is 6.04 Å². The Hall–Kier alpha value is -4.33. The zero-order valence-electron chi connectivity index (χ0n) is 28.1. The van der Waals surface area contributed by atoms with Crippen LogP contribution in [0.25, 0.3) is 39.0 Å². The van der Waals surface area contributed by atoms with Crippen molar-refractivity contribution in [2.45, 2.75) is 50.8 Å². The highest BCUT2D eigenvalue weighted by molar-refractivity contribution is 5.92. The van der Waals surface area contributed by atoms with Crippen LogP contribution in [0.2, 0.25) is 0 Å². The number of rotatable bonds is 6. The number of aromatic nitrogens is 7. The van der Waals surface area contributed by atoms with Crippen molar-refractivity contribution in [1.29, 1.82) is 0 Å². The average molecular weight is 651 g/mol. The number of imidazole rings is 1. The van der Waals surface area contributed by atoms with Crippen LogP contribution in [0.3, 0.4) is 0 Å². The lowest BCUT2D eigenvalue weighted by Gasteiger charge is -2.48. The third kappa shape index (κ3) is 4.73. The van der Waals surface area contributed by atoms with Gasteiger partial charge in [-0.25, -0.2) is 14.6 Å². The summed E-state index contributed by atoms with van der Waals surface area (Å²) in [6.07, 6.45) is 8.84. The SMILES string of the molecule is COc1ccncc1-c1cc2c(cnn2-c2cc3c(nc(N4CCC(C)(N5CCOCC5)CC4)n3C)c(N3C[C@H]4C[C@@H]3CO4)n2)c(C)n1. The average Bonchev–Trinajstić information content (AvgIpc) is 3.93. The Morgan fingerprint density at radius 3 is 2.58 bits per heavy atom. The Morgan fingerprint density at radius 1 is 1.00 bits per heavy atom. The van der Waals surface area contributed by atoms with Crippen molar-refractivity contribution in [3.8, 4) is 22.8 Å². The molecule has 0 aliphatic carbocycles. The van der Waals surface area contributed by atoms with Crippen LogP contribution in [0.4, 0.5) is 11.8 Å². The summed E-state index contributed by atoms with van der Waals surface area (Å²) in [5.41, 5.74) is 5.57. The molecule has 9 heterocycles. The smallest absolute Gasteiger partial charge is 0.206 e. The Kier molecular flexibility index (Phi) is 7.06. The Bertz CT molecular complexity index is 2010. The summed E-state index contributed by atoms with van der Waals surface area (Å²) in [6.45, 7) is 11.6. The summed E-state index contributed by atoms with van der Waals surface area (Å²) in [5.74, 6) is 3.37. The van der Waals surface area contributed by atoms with Crippen LogP contribution in [-0.2, 0) is 16.5 Å². The molecule has 4 aliphatic rings. The van der Waals surface area contributed by atoms with Crippen LogP contribution in [0.5, 0.6) is 5.75 Å². The summed E-state index contributed by atoms with van der Waals surface area (Å²) in [6, 6.07) is 6.34. The van der Waals surface area contributed by atoms with E-state index >= 15 is 0 Å². The molecule has 0 radical (unpaired) electrons. The van der Waals surface area contributed by atoms with E-state index in [0.717, 1.165) is 134 Å². The highest BCUT2D eigenvalue weighted by atomic mass is 16.5. The number of fused-ring (bicyclic) bond motifs is 4. The second kappa shape index (κ2) is 11.4. The van der Waals surface area contributed by atoms with Crippen molar-refractivity contribution in [2.24, 2.45) is 7.05 Å².